The molecular formula is C9H17N3O3. The Bertz CT molecular complexity index is 253. The zero-order valence-electron chi connectivity index (χ0n) is 9.20. The molecule has 0 bridgehead atoms. The molecule has 6 nitrogen and oxygen atoms in total. The van der Waals surface area contributed by atoms with Gasteiger partial charge >= 0.3 is 0 Å². The van der Waals surface area contributed by atoms with Crippen LogP contribution in [0.4, 0.5) is 0 Å². The number of ether oxygens (including phenoxy) is 2. The van der Waals surface area contributed by atoms with Crippen molar-refractivity contribution in [2.45, 2.75) is 44.8 Å². The van der Waals surface area contributed by atoms with Crippen molar-refractivity contribution in [1.29, 1.82) is 0 Å². The van der Waals surface area contributed by atoms with Gasteiger partial charge in [0.1, 0.15) is 0 Å². The first kappa shape index (κ1) is 12.3. The van der Waals surface area contributed by atoms with Gasteiger partial charge in [-0.1, -0.05) is 19.0 Å². The third-order valence-corrected chi connectivity index (χ3v) is 2.87. The van der Waals surface area contributed by atoms with E-state index in [1.807, 2.05) is 13.8 Å². The minimum absolute atomic E-state index is 0.162. The Morgan fingerprint density at radius 3 is 2.73 bits per heavy atom. The summed E-state index contributed by atoms with van der Waals surface area (Å²) in [6, 6.07) is -0.474. The molecule has 1 aliphatic heterocycles. The fourth-order valence-electron chi connectivity index (χ4n) is 1.87. The highest BCUT2D eigenvalue weighted by Crippen LogP contribution is 2.29. The highest BCUT2D eigenvalue weighted by molar-refractivity contribution is 4.90. The normalized spacial score (nSPS) is 40.9. The first-order valence-corrected chi connectivity index (χ1v) is 5.06. The Morgan fingerprint density at radius 1 is 1.60 bits per heavy atom. The van der Waals surface area contributed by atoms with Crippen LogP contribution in [0.15, 0.2) is 5.11 Å². The SMILES string of the molecule is CCC1O[C@H](OC)[C@@H](N=[N+]=[N-])C(C)[C@@H]1O. The number of aliphatic hydroxyl groups excluding tert-OH is 1. The van der Waals surface area contributed by atoms with E-state index < -0.39 is 18.4 Å². The van der Waals surface area contributed by atoms with Crippen molar-refractivity contribution >= 4 is 0 Å². The van der Waals surface area contributed by atoms with E-state index in [9.17, 15) is 5.11 Å². The molecule has 0 spiro atoms. The van der Waals surface area contributed by atoms with E-state index in [0.717, 1.165) is 0 Å². The summed E-state index contributed by atoms with van der Waals surface area (Å²) in [6.45, 7) is 3.77. The highest BCUT2D eigenvalue weighted by Gasteiger charge is 2.41. The lowest BCUT2D eigenvalue weighted by Gasteiger charge is -2.41. The maximum absolute atomic E-state index is 9.88. The lowest BCUT2D eigenvalue weighted by molar-refractivity contribution is -0.236. The molecule has 2 unspecified atom stereocenters. The summed E-state index contributed by atoms with van der Waals surface area (Å²) in [6.07, 6.45) is -0.731. The van der Waals surface area contributed by atoms with Crippen LogP contribution in [0, 0.1) is 5.92 Å². The van der Waals surface area contributed by atoms with E-state index in [-0.39, 0.29) is 12.0 Å². The number of methoxy groups -OCH3 is 1. The maximum atomic E-state index is 9.88. The van der Waals surface area contributed by atoms with Gasteiger partial charge in [-0.15, -0.1) is 0 Å². The summed E-state index contributed by atoms with van der Waals surface area (Å²) in [5.41, 5.74) is 8.42. The average molecular weight is 215 g/mol. The van der Waals surface area contributed by atoms with Crippen LogP contribution in [-0.4, -0.2) is 36.8 Å². The van der Waals surface area contributed by atoms with Crippen molar-refractivity contribution in [3.05, 3.63) is 10.4 Å². The number of nitrogens with zero attached hydrogens (tertiary/aromatic N) is 3. The number of aliphatic hydroxyl groups is 1. The molecule has 0 aromatic carbocycles. The smallest absolute Gasteiger partial charge is 0.166 e. The topological polar surface area (TPSA) is 87.5 Å². The molecular weight excluding hydrogens is 198 g/mol. The number of hydrogen-bond acceptors (Lipinski definition) is 4. The first-order valence-electron chi connectivity index (χ1n) is 5.06. The van der Waals surface area contributed by atoms with Crippen LogP contribution in [0.2, 0.25) is 0 Å². The van der Waals surface area contributed by atoms with Gasteiger partial charge in [0.05, 0.1) is 18.2 Å². The molecule has 0 aliphatic carbocycles. The Labute approximate surface area is 88.8 Å². The molecule has 0 radical (unpaired) electrons. The molecule has 1 aliphatic rings. The van der Waals surface area contributed by atoms with E-state index in [1.165, 1.54) is 7.11 Å². The van der Waals surface area contributed by atoms with Crippen LogP contribution in [0.3, 0.4) is 0 Å². The van der Waals surface area contributed by atoms with E-state index in [0.29, 0.717) is 6.42 Å². The van der Waals surface area contributed by atoms with Crippen molar-refractivity contribution in [2.24, 2.45) is 11.0 Å². The summed E-state index contributed by atoms with van der Waals surface area (Å²) in [5.74, 6) is -0.162. The van der Waals surface area contributed by atoms with Crippen LogP contribution in [0.25, 0.3) is 10.4 Å². The minimum Gasteiger partial charge on any atom is -0.390 e. The van der Waals surface area contributed by atoms with Crippen LogP contribution >= 0.6 is 0 Å². The molecule has 0 aromatic rings. The van der Waals surface area contributed by atoms with Gasteiger partial charge in [-0.3, -0.25) is 0 Å². The summed E-state index contributed by atoms with van der Waals surface area (Å²) in [7, 11) is 1.50. The molecule has 0 amide bonds. The number of azide groups is 1. The van der Waals surface area contributed by atoms with Crippen molar-refractivity contribution in [1.82, 2.24) is 0 Å². The summed E-state index contributed by atoms with van der Waals surface area (Å²) in [4.78, 5) is 2.75. The van der Waals surface area contributed by atoms with Gasteiger partial charge in [0, 0.05) is 12.0 Å². The Hall–Kier alpha value is -0.810. The molecule has 1 heterocycles. The molecule has 6 heteroatoms. The Balaban J connectivity index is 2.83. The molecule has 1 fully saturated rings. The van der Waals surface area contributed by atoms with Gasteiger partial charge in [-0.25, -0.2) is 0 Å². The third kappa shape index (κ3) is 2.41. The van der Waals surface area contributed by atoms with Gasteiger partial charge in [-0.05, 0) is 17.9 Å². The van der Waals surface area contributed by atoms with E-state index in [1.54, 1.807) is 0 Å². The summed E-state index contributed by atoms with van der Waals surface area (Å²) in [5, 5.41) is 13.5. The monoisotopic (exact) mass is 215 g/mol. The molecule has 1 N–H and O–H groups in total. The van der Waals surface area contributed by atoms with Gasteiger partial charge in [0.25, 0.3) is 0 Å². The van der Waals surface area contributed by atoms with Gasteiger partial charge in [0.15, 0.2) is 6.29 Å². The molecule has 5 atom stereocenters. The zero-order chi connectivity index (χ0) is 11.4. The molecule has 0 saturated carbocycles. The number of rotatable bonds is 3. The zero-order valence-corrected chi connectivity index (χ0v) is 9.20. The van der Waals surface area contributed by atoms with Crippen LogP contribution in [0.5, 0.6) is 0 Å². The Morgan fingerprint density at radius 2 is 2.27 bits per heavy atom. The van der Waals surface area contributed by atoms with Crippen molar-refractivity contribution in [2.75, 3.05) is 7.11 Å². The van der Waals surface area contributed by atoms with Crippen LogP contribution in [-0.2, 0) is 9.47 Å². The lowest BCUT2D eigenvalue weighted by Crippen LogP contribution is -2.52. The predicted molar refractivity (Wildman–Crippen MR) is 54.1 cm³/mol. The van der Waals surface area contributed by atoms with Crippen molar-refractivity contribution < 1.29 is 14.6 Å². The average Bonchev–Trinajstić information content (AvgIpc) is 2.25. The fourth-order valence-corrected chi connectivity index (χ4v) is 1.87. The van der Waals surface area contributed by atoms with E-state index in [2.05, 4.69) is 10.0 Å². The second-order valence-electron chi connectivity index (χ2n) is 3.73. The molecule has 1 saturated heterocycles. The first-order chi connectivity index (χ1) is 7.15. The van der Waals surface area contributed by atoms with E-state index >= 15 is 0 Å². The molecule has 86 valence electrons. The van der Waals surface area contributed by atoms with Crippen molar-refractivity contribution in [3.8, 4) is 0 Å². The quantitative estimate of drug-likeness (QED) is 0.439. The van der Waals surface area contributed by atoms with Crippen LogP contribution < -0.4 is 0 Å². The highest BCUT2D eigenvalue weighted by atomic mass is 16.7. The number of hydrogen-bond donors (Lipinski definition) is 1. The van der Waals surface area contributed by atoms with Crippen LogP contribution in [0.1, 0.15) is 20.3 Å². The second-order valence-corrected chi connectivity index (χ2v) is 3.73. The molecule has 0 aromatic heterocycles. The third-order valence-electron chi connectivity index (χ3n) is 2.87. The maximum Gasteiger partial charge on any atom is 0.166 e. The largest absolute Gasteiger partial charge is 0.390 e. The summed E-state index contributed by atoms with van der Waals surface area (Å²) < 4.78 is 10.6. The second kappa shape index (κ2) is 5.32. The standard InChI is InChI=1S/C9H17N3O3/c1-4-6-8(13)5(2)7(11-12-10)9(14-3)15-6/h5-9,13H,4H2,1-3H3/t5?,6?,7-,8-,9-/m0/s1. The minimum atomic E-state index is -0.614. The predicted octanol–water partition coefficient (Wildman–Crippen LogP) is 1.44. The fraction of sp³-hybridized carbons (Fsp3) is 1.00. The summed E-state index contributed by atoms with van der Waals surface area (Å²) >= 11 is 0. The van der Waals surface area contributed by atoms with Gasteiger partial charge in [0.2, 0.25) is 0 Å². The molecule has 1 rings (SSSR count). The van der Waals surface area contributed by atoms with E-state index in [4.69, 9.17) is 15.0 Å². The molecule has 15 heavy (non-hydrogen) atoms. The van der Waals surface area contributed by atoms with Crippen molar-refractivity contribution in [3.63, 3.8) is 0 Å². The van der Waals surface area contributed by atoms with Gasteiger partial charge < -0.3 is 14.6 Å². The Kier molecular flexibility index (Phi) is 4.35. The lowest BCUT2D eigenvalue weighted by atomic mass is 9.88. The van der Waals surface area contributed by atoms with Gasteiger partial charge in [-0.2, -0.15) is 0 Å².